The van der Waals surface area contributed by atoms with Crippen molar-refractivity contribution >= 4 is 16.7 Å². The van der Waals surface area contributed by atoms with Gasteiger partial charge in [-0.2, -0.15) is 0 Å². The molecule has 1 unspecified atom stereocenters. The Bertz CT molecular complexity index is 1070. The molecule has 162 valence electrons. The van der Waals surface area contributed by atoms with Gasteiger partial charge in [0.05, 0.1) is 17.8 Å². The van der Waals surface area contributed by atoms with Gasteiger partial charge in [-0.05, 0) is 24.3 Å². The van der Waals surface area contributed by atoms with E-state index < -0.39 is 17.4 Å². The fraction of sp³-hybridized carbons (Fsp3) is 0.333. The molecule has 1 fully saturated rings. The van der Waals surface area contributed by atoms with Gasteiger partial charge in [0.25, 0.3) is 0 Å². The van der Waals surface area contributed by atoms with Gasteiger partial charge in [0.1, 0.15) is 12.7 Å². The molecule has 0 N–H and O–H groups in total. The number of ketones is 1. The smallest absolute Gasteiger partial charge is 0.190 e. The predicted molar refractivity (Wildman–Crippen MR) is 113 cm³/mol. The molecule has 0 radical (unpaired) electrons. The molecule has 7 heteroatoms. The van der Waals surface area contributed by atoms with Crippen LogP contribution in [-0.2, 0) is 11.3 Å². The third kappa shape index (κ3) is 5.06. The maximum Gasteiger partial charge on any atom is 0.190 e. The van der Waals surface area contributed by atoms with Crippen LogP contribution in [0.2, 0.25) is 0 Å². The first-order chi connectivity index (χ1) is 15.0. The summed E-state index contributed by atoms with van der Waals surface area (Å²) in [6, 6.07) is 14.0. The van der Waals surface area contributed by atoms with Crippen molar-refractivity contribution < 1.29 is 23.0 Å². The fourth-order valence-electron chi connectivity index (χ4n) is 3.69. The molecular formula is C24H24F2N2O3. The minimum atomic E-state index is -0.884. The van der Waals surface area contributed by atoms with Crippen LogP contribution in [0.15, 0.2) is 48.5 Å². The monoisotopic (exact) mass is 426 g/mol. The second kappa shape index (κ2) is 9.49. The molecule has 0 amide bonds. The lowest BCUT2D eigenvalue weighted by Gasteiger charge is -2.32. The van der Waals surface area contributed by atoms with Crippen LogP contribution < -0.4 is 4.74 Å². The number of carbonyl (C=O) groups is 1. The minimum Gasteiger partial charge on any atom is -0.485 e. The summed E-state index contributed by atoms with van der Waals surface area (Å²) < 4.78 is 39.7. The number of fused-ring (bicyclic) bond motifs is 1. The summed E-state index contributed by atoms with van der Waals surface area (Å²) in [4.78, 5) is 18.6. The zero-order valence-electron chi connectivity index (χ0n) is 17.3. The molecule has 4 rings (SSSR count). The maximum absolute atomic E-state index is 14.3. The van der Waals surface area contributed by atoms with E-state index in [0.717, 1.165) is 35.3 Å². The normalized spacial score (nSPS) is 17.1. The number of benzene rings is 2. The van der Waals surface area contributed by atoms with Gasteiger partial charge in [0, 0.05) is 37.0 Å². The average molecular weight is 426 g/mol. The number of pyridine rings is 1. The SMILES string of the molecule is CCC(=O)c1cc(F)c(OCC2CN(Cc3ccc4ccccc4n3)CCO2)c(F)c1. The quantitative estimate of drug-likeness (QED) is 0.525. The number of Topliss-reactive ketones (excluding diaryl/α,β-unsaturated/α-hetero) is 1. The summed E-state index contributed by atoms with van der Waals surface area (Å²) in [6.07, 6.45) is -0.151. The molecule has 1 aliphatic heterocycles. The number of rotatable bonds is 7. The maximum atomic E-state index is 14.3. The molecule has 0 bridgehead atoms. The van der Waals surface area contributed by atoms with Gasteiger partial charge in [-0.15, -0.1) is 0 Å². The minimum absolute atomic E-state index is 0.00725. The lowest BCUT2D eigenvalue weighted by Crippen LogP contribution is -2.44. The zero-order chi connectivity index (χ0) is 21.8. The third-order valence-electron chi connectivity index (χ3n) is 5.32. The van der Waals surface area contributed by atoms with Crippen molar-refractivity contribution in [3.05, 3.63) is 71.4 Å². The van der Waals surface area contributed by atoms with E-state index in [-0.39, 0.29) is 30.5 Å². The van der Waals surface area contributed by atoms with Crippen molar-refractivity contribution in [2.45, 2.75) is 26.0 Å². The van der Waals surface area contributed by atoms with Crippen molar-refractivity contribution in [3.63, 3.8) is 0 Å². The Morgan fingerprint density at radius 1 is 1.19 bits per heavy atom. The second-order valence-corrected chi connectivity index (χ2v) is 7.58. The molecule has 0 spiro atoms. The molecular weight excluding hydrogens is 402 g/mol. The molecule has 1 atom stereocenters. The molecule has 2 heterocycles. The van der Waals surface area contributed by atoms with Crippen molar-refractivity contribution in [2.75, 3.05) is 26.3 Å². The number of aromatic nitrogens is 1. The number of hydrogen-bond donors (Lipinski definition) is 0. The van der Waals surface area contributed by atoms with Crippen LogP contribution >= 0.6 is 0 Å². The van der Waals surface area contributed by atoms with Gasteiger partial charge in [-0.3, -0.25) is 14.7 Å². The van der Waals surface area contributed by atoms with E-state index in [0.29, 0.717) is 19.7 Å². The van der Waals surface area contributed by atoms with Crippen molar-refractivity contribution in [2.24, 2.45) is 0 Å². The van der Waals surface area contributed by atoms with Crippen LogP contribution in [0.25, 0.3) is 10.9 Å². The molecule has 1 saturated heterocycles. The van der Waals surface area contributed by atoms with Crippen LogP contribution in [0, 0.1) is 11.6 Å². The number of nitrogens with zero attached hydrogens (tertiary/aromatic N) is 2. The number of ether oxygens (including phenoxy) is 2. The number of para-hydroxylation sites is 1. The highest BCUT2D eigenvalue weighted by atomic mass is 19.1. The first-order valence-corrected chi connectivity index (χ1v) is 10.4. The molecule has 0 aliphatic carbocycles. The van der Waals surface area contributed by atoms with E-state index in [1.54, 1.807) is 6.92 Å². The van der Waals surface area contributed by atoms with Crippen molar-refractivity contribution in [1.82, 2.24) is 9.88 Å². The van der Waals surface area contributed by atoms with Crippen molar-refractivity contribution in [1.29, 1.82) is 0 Å². The first-order valence-electron chi connectivity index (χ1n) is 10.4. The Balaban J connectivity index is 1.37. The van der Waals surface area contributed by atoms with E-state index in [2.05, 4.69) is 11.0 Å². The first kappa shape index (κ1) is 21.3. The standard InChI is InChI=1S/C24H24F2N2O3/c1-2-23(29)17-11-20(25)24(21(26)12-17)31-15-19-14-28(9-10-30-19)13-18-8-7-16-5-3-4-6-22(16)27-18/h3-8,11-12,19H,2,9-10,13-15H2,1H3. The Morgan fingerprint density at radius 3 is 2.74 bits per heavy atom. The summed E-state index contributed by atoms with van der Waals surface area (Å²) in [5, 5.41) is 1.09. The van der Waals surface area contributed by atoms with E-state index in [4.69, 9.17) is 14.5 Å². The number of carbonyl (C=O) groups excluding carboxylic acids is 1. The Morgan fingerprint density at radius 2 is 1.97 bits per heavy atom. The molecule has 3 aromatic rings. The van der Waals surface area contributed by atoms with Crippen LogP contribution in [0.1, 0.15) is 29.4 Å². The van der Waals surface area contributed by atoms with E-state index in [1.807, 2.05) is 30.3 Å². The number of morpholine rings is 1. The van der Waals surface area contributed by atoms with Gasteiger partial charge < -0.3 is 9.47 Å². The predicted octanol–water partition coefficient (Wildman–Crippen LogP) is 4.39. The molecule has 5 nitrogen and oxygen atoms in total. The molecule has 1 aliphatic rings. The van der Waals surface area contributed by atoms with E-state index >= 15 is 0 Å². The second-order valence-electron chi connectivity index (χ2n) is 7.58. The molecule has 31 heavy (non-hydrogen) atoms. The van der Waals surface area contributed by atoms with Gasteiger partial charge in [0.15, 0.2) is 23.2 Å². The highest BCUT2D eigenvalue weighted by molar-refractivity contribution is 5.96. The summed E-state index contributed by atoms with van der Waals surface area (Å²) >= 11 is 0. The van der Waals surface area contributed by atoms with E-state index in [9.17, 15) is 13.6 Å². The lowest BCUT2D eigenvalue weighted by molar-refractivity contribution is -0.0515. The summed E-state index contributed by atoms with van der Waals surface area (Å²) in [5.74, 6) is -2.57. The van der Waals surface area contributed by atoms with Crippen molar-refractivity contribution in [3.8, 4) is 5.75 Å². The van der Waals surface area contributed by atoms with Gasteiger partial charge in [0.2, 0.25) is 0 Å². The van der Waals surface area contributed by atoms with Gasteiger partial charge in [-0.1, -0.05) is 31.2 Å². The number of hydrogen-bond acceptors (Lipinski definition) is 5. The largest absolute Gasteiger partial charge is 0.485 e. The number of halogens is 2. The molecule has 2 aromatic carbocycles. The summed E-state index contributed by atoms with van der Waals surface area (Å²) in [7, 11) is 0. The molecule has 1 aromatic heterocycles. The third-order valence-corrected chi connectivity index (χ3v) is 5.32. The zero-order valence-corrected chi connectivity index (χ0v) is 17.3. The lowest BCUT2D eigenvalue weighted by atomic mass is 10.1. The Hall–Kier alpha value is -2.90. The average Bonchev–Trinajstić information content (AvgIpc) is 2.78. The van der Waals surface area contributed by atoms with Crippen LogP contribution in [-0.4, -0.2) is 48.1 Å². The fourth-order valence-corrected chi connectivity index (χ4v) is 3.69. The Kier molecular flexibility index (Phi) is 6.53. The van der Waals surface area contributed by atoms with Gasteiger partial charge >= 0.3 is 0 Å². The Labute approximate surface area is 179 Å². The van der Waals surface area contributed by atoms with Crippen LogP contribution in [0.3, 0.4) is 0 Å². The van der Waals surface area contributed by atoms with Crippen LogP contribution in [0.5, 0.6) is 5.75 Å². The highest BCUT2D eigenvalue weighted by Crippen LogP contribution is 2.25. The summed E-state index contributed by atoms with van der Waals surface area (Å²) in [5.41, 5.74) is 1.91. The summed E-state index contributed by atoms with van der Waals surface area (Å²) in [6.45, 7) is 4.10. The van der Waals surface area contributed by atoms with E-state index in [1.165, 1.54) is 0 Å². The highest BCUT2D eigenvalue weighted by Gasteiger charge is 2.23. The topological polar surface area (TPSA) is 51.7 Å². The van der Waals surface area contributed by atoms with Crippen LogP contribution in [0.4, 0.5) is 8.78 Å². The molecule has 0 saturated carbocycles. The van der Waals surface area contributed by atoms with Gasteiger partial charge in [-0.25, -0.2) is 8.78 Å².